The second kappa shape index (κ2) is 4.30. The highest BCUT2D eigenvalue weighted by Gasteiger charge is 2.32. The van der Waals surface area contributed by atoms with Crippen LogP contribution in [-0.4, -0.2) is 35.1 Å². The van der Waals surface area contributed by atoms with E-state index in [0.717, 1.165) is 25.9 Å². The highest BCUT2D eigenvalue weighted by atomic mass is 16.4. The van der Waals surface area contributed by atoms with Crippen LogP contribution in [0.3, 0.4) is 0 Å². The predicted octanol–water partition coefficient (Wildman–Crippen LogP) is 1.97. The summed E-state index contributed by atoms with van der Waals surface area (Å²) in [6, 6.07) is 0.587. The van der Waals surface area contributed by atoms with Gasteiger partial charge in [0.2, 0.25) is 0 Å². The fraction of sp³-hybridized carbons (Fsp3) is 0.909. The Morgan fingerprint density at radius 1 is 1.43 bits per heavy atom. The Morgan fingerprint density at radius 3 is 2.29 bits per heavy atom. The highest BCUT2D eigenvalue weighted by molar-refractivity contribution is 5.67. The number of rotatable bonds is 3. The number of hydrogen-bond acceptors (Lipinski definition) is 2. The van der Waals surface area contributed by atoms with Crippen LogP contribution in [0.1, 0.15) is 40.0 Å². The van der Waals surface area contributed by atoms with E-state index in [2.05, 4.69) is 25.7 Å². The number of aliphatic carboxylic acids is 1. The van der Waals surface area contributed by atoms with Gasteiger partial charge in [0.25, 0.3) is 0 Å². The van der Waals surface area contributed by atoms with Gasteiger partial charge in [-0.25, -0.2) is 0 Å². The van der Waals surface area contributed by atoms with E-state index < -0.39 is 5.97 Å². The standard InChI is InChI=1S/C11H21NO2/c1-9(2)12-6-4-11(3,5-7-12)8-10(13)14/h9H,4-8H2,1-3H3,(H,13,14). The van der Waals surface area contributed by atoms with Crippen molar-refractivity contribution in [1.29, 1.82) is 0 Å². The zero-order chi connectivity index (χ0) is 10.8. The van der Waals surface area contributed by atoms with Gasteiger partial charge in [0.05, 0.1) is 6.42 Å². The predicted molar refractivity (Wildman–Crippen MR) is 56.3 cm³/mol. The first kappa shape index (κ1) is 11.5. The number of carboxylic acid groups (broad SMARTS) is 1. The lowest BCUT2D eigenvalue weighted by Crippen LogP contribution is -2.42. The molecule has 3 heteroatoms. The summed E-state index contributed by atoms with van der Waals surface area (Å²) < 4.78 is 0. The third-order valence-corrected chi connectivity index (χ3v) is 3.31. The molecule has 1 saturated heterocycles. The molecule has 0 aromatic rings. The number of likely N-dealkylation sites (tertiary alicyclic amines) is 1. The van der Waals surface area contributed by atoms with E-state index in [1.165, 1.54) is 0 Å². The summed E-state index contributed by atoms with van der Waals surface area (Å²) in [5.74, 6) is -0.662. The average molecular weight is 199 g/mol. The van der Waals surface area contributed by atoms with Crippen LogP contribution in [0.4, 0.5) is 0 Å². The van der Waals surface area contributed by atoms with Crippen LogP contribution in [0.2, 0.25) is 0 Å². The molecule has 0 spiro atoms. The minimum atomic E-state index is -0.662. The smallest absolute Gasteiger partial charge is 0.303 e. The van der Waals surface area contributed by atoms with Crippen molar-refractivity contribution < 1.29 is 9.90 Å². The van der Waals surface area contributed by atoms with Gasteiger partial charge in [-0.15, -0.1) is 0 Å². The van der Waals surface area contributed by atoms with Crippen LogP contribution in [0, 0.1) is 5.41 Å². The minimum absolute atomic E-state index is 0.0250. The van der Waals surface area contributed by atoms with Crippen LogP contribution in [0.5, 0.6) is 0 Å². The van der Waals surface area contributed by atoms with Crippen LogP contribution in [0.15, 0.2) is 0 Å². The Morgan fingerprint density at radius 2 is 1.93 bits per heavy atom. The van der Waals surface area contributed by atoms with E-state index in [0.29, 0.717) is 12.5 Å². The number of piperidine rings is 1. The Kier molecular flexibility index (Phi) is 3.53. The van der Waals surface area contributed by atoms with Gasteiger partial charge in [-0.05, 0) is 45.2 Å². The first-order valence-corrected chi connectivity index (χ1v) is 5.39. The van der Waals surface area contributed by atoms with Gasteiger partial charge in [0.15, 0.2) is 0 Å². The number of nitrogens with zero attached hydrogens (tertiary/aromatic N) is 1. The molecular formula is C11H21NO2. The van der Waals surface area contributed by atoms with Crippen molar-refractivity contribution in [3.63, 3.8) is 0 Å². The molecule has 14 heavy (non-hydrogen) atoms. The third kappa shape index (κ3) is 2.98. The molecule has 0 amide bonds. The van der Waals surface area contributed by atoms with Gasteiger partial charge in [-0.3, -0.25) is 4.79 Å². The van der Waals surface area contributed by atoms with E-state index >= 15 is 0 Å². The van der Waals surface area contributed by atoms with E-state index in [1.807, 2.05) is 0 Å². The van der Waals surface area contributed by atoms with Crippen LogP contribution >= 0.6 is 0 Å². The molecule has 82 valence electrons. The summed E-state index contributed by atoms with van der Waals surface area (Å²) in [6.07, 6.45) is 2.34. The average Bonchev–Trinajstić information content (AvgIpc) is 2.02. The van der Waals surface area contributed by atoms with Crippen LogP contribution < -0.4 is 0 Å². The van der Waals surface area contributed by atoms with Gasteiger partial charge >= 0.3 is 5.97 Å². The maximum atomic E-state index is 10.7. The number of carboxylic acids is 1. The Balaban J connectivity index is 2.44. The summed E-state index contributed by atoms with van der Waals surface area (Å²) in [5, 5.41) is 8.79. The molecule has 0 aromatic carbocycles. The van der Waals surface area contributed by atoms with Crippen LogP contribution in [-0.2, 0) is 4.79 Å². The topological polar surface area (TPSA) is 40.5 Å². The van der Waals surface area contributed by atoms with Crippen molar-refractivity contribution in [3.05, 3.63) is 0 Å². The zero-order valence-electron chi connectivity index (χ0n) is 9.42. The molecule has 0 aromatic heterocycles. The first-order valence-electron chi connectivity index (χ1n) is 5.39. The van der Waals surface area contributed by atoms with Gasteiger partial charge in [0.1, 0.15) is 0 Å². The monoisotopic (exact) mass is 199 g/mol. The maximum absolute atomic E-state index is 10.7. The lowest BCUT2D eigenvalue weighted by atomic mass is 9.77. The summed E-state index contributed by atoms with van der Waals surface area (Å²) in [6.45, 7) is 8.57. The molecule has 0 atom stereocenters. The number of hydrogen-bond donors (Lipinski definition) is 1. The van der Waals surface area contributed by atoms with Crippen LogP contribution in [0.25, 0.3) is 0 Å². The van der Waals surface area contributed by atoms with E-state index in [9.17, 15) is 4.79 Å². The highest BCUT2D eigenvalue weighted by Crippen LogP contribution is 2.34. The molecule has 1 heterocycles. The fourth-order valence-electron chi connectivity index (χ4n) is 2.12. The Bertz CT molecular complexity index is 205. The molecule has 3 nitrogen and oxygen atoms in total. The quantitative estimate of drug-likeness (QED) is 0.755. The van der Waals surface area contributed by atoms with Crippen molar-refractivity contribution in [3.8, 4) is 0 Å². The normalized spacial score (nSPS) is 22.6. The summed E-state index contributed by atoms with van der Waals surface area (Å²) in [5.41, 5.74) is 0.0250. The number of carbonyl (C=O) groups is 1. The summed E-state index contributed by atoms with van der Waals surface area (Å²) in [7, 11) is 0. The van der Waals surface area contributed by atoms with E-state index in [4.69, 9.17) is 5.11 Å². The largest absolute Gasteiger partial charge is 0.481 e. The van der Waals surface area contributed by atoms with Gasteiger partial charge in [0, 0.05) is 6.04 Å². The molecule has 0 saturated carbocycles. The molecule has 1 rings (SSSR count). The van der Waals surface area contributed by atoms with Crippen molar-refractivity contribution in [2.45, 2.75) is 46.1 Å². The Labute approximate surface area is 86.1 Å². The van der Waals surface area contributed by atoms with Crippen molar-refractivity contribution in [1.82, 2.24) is 4.90 Å². The zero-order valence-corrected chi connectivity index (χ0v) is 9.42. The SMILES string of the molecule is CC(C)N1CCC(C)(CC(=O)O)CC1. The molecule has 0 bridgehead atoms. The summed E-state index contributed by atoms with van der Waals surface area (Å²) in [4.78, 5) is 13.1. The molecule has 1 aliphatic rings. The lowest BCUT2D eigenvalue weighted by molar-refractivity contribution is -0.140. The molecule has 0 aliphatic carbocycles. The summed E-state index contributed by atoms with van der Waals surface area (Å²) >= 11 is 0. The molecule has 1 N–H and O–H groups in total. The van der Waals surface area contributed by atoms with Crippen molar-refractivity contribution >= 4 is 5.97 Å². The third-order valence-electron chi connectivity index (χ3n) is 3.31. The Hall–Kier alpha value is -0.570. The first-order chi connectivity index (χ1) is 6.43. The molecular weight excluding hydrogens is 178 g/mol. The minimum Gasteiger partial charge on any atom is -0.481 e. The molecule has 1 aliphatic heterocycles. The second-order valence-corrected chi connectivity index (χ2v) is 5.01. The molecule has 0 radical (unpaired) electrons. The van der Waals surface area contributed by atoms with Crippen molar-refractivity contribution in [2.24, 2.45) is 5.41 Å². The second-order valence-electron chi connectivity index (χ2n) is 5.01. The molecule has 1 fully saturated rings. The van der Waals surface area contributed by atoms with Gasteiger partial charge in [-0.1, -0.05) is 6.92 Å². The molecule has 0 unspecified atom stereocenters. The van der Waals surface area contributed by atoms with Crippen molar-refractivity contribution in [2.75, 3.05) is 13.1 Å². The lowest BCUT2D eigenvalue weighted by Gasteiger charge is -2.40. The maximum Gasteiger partial charge on any atom is 0.303 e. The van der Waals surface area contributed by atoms with Gasteiger partial charge < -0.3 is 10.0 Å². The fourth-order valence-corrected chi connectivity index (χ4v) is 2.12. The van der Waals surface area contributed by atoms with Gasteiger partial charge in [-0.2, -0.15) is 0 Å². The van der Waals surface area contributed by atoms with E-state index in [-0.39, 0.29) is 5.41 Å². The van der Waals surface area contributed by atoms with E-state index in [1.54, 1.807) is 0 Å².